The number of likely N-dealkylation sites (tertiary alicyclic amines) is 2. The number of carbonyl (C=O) groups is 1. The van der Waals surface area contributed by atoms with Crippen LogP contribution < -0.4 is 5.32 Å². The Hall–Kier alpha value is -1.76. The van der Waals surface area contributed by atoms with Crippen molar-refractivity contribution in [2.24, 2.45) is 0 Å². The average molecular weight is 355 g/mol. The Bertz CT molecular complexity index is 599. The van der Waals surface area contributed by atoms with Gasteiger partial charge < -0.3 is 15.1 Å². The zero-order chi connectivity index (χ0) is 17.9. The molecule has 2 aliphatic rings. The van der Waals surface area contributed by atoms with Crippen LogP contribution in [0.15, 0.2) is 24.3 Å². The Morgan fingerprint density at radius 1 is 1.16 bits per heavy atom. The SMILES string of the molecule is O=C(NCc1cccc(C(F)(F)F)c1)N1CCC[C@H]1CN1CCCC1. The van der Waals surface area contributed by atoms with E-state index in [1.54, 1.807) is 6.07 Å². The van der Waals surface area contributed by atoms with Crippen LogP contribution >= 0.6 is 0 Å². The molecule has 1 atom stereocenters. The minimum atomic E-state index is -4.37. The van der Waals surface area contributed by atoms with Gasteiger partial charge in [-0.25, -0.2) is 4.79 Å². The van der Waals surface area contributed by atoms with E-state index in [0.29, 0.717) is 12.1 Å². The van der Waals surface area contributed by atoms with Crippen LogP contribution in [0.25, 0.3) is 0 Å². The predicted molar refractivity (Wildman–Crippen MR) is 89.1 cm³/mol. The van der Waals surface area contributed by atoms with Gasteiger partial charge in [0.2, 0.25) is 0 Å². The fourth-order valence-corrected chi connectivity index (χ4v) is 3.69. The van der Waals surface area contributed by atoms with E-state index >= 15 is 0 Å². The van der Waals surface area contributed by atoms with E-state index in [9.17, 15) is 18.0 Å². The maximum absolute atomic E-state index is 12.8. The van der Waals surface area contributed by atoms with Gasteiger partial charge in [0.15, 0.2) is 0 Å². The van der Waals surface area contributed by atoms with E-state index in [2.05, 4.69) is 10.2 Å². The number of nitrogens with zero attached hydrogens (tertiary/aromatic N) is 2. The third kappa shape index (κ3) is 4.66. The number of amides is 2. The zero-order valence-electron chi connectivity index (χ0n) is 14.2. The minimum absolute atomic E-state index is 0.107. The molecule has 138 valence electrons. The van der Waals surface area contributed by atoms with Gasteiger partial charge in [-0.05, 0) is 56.5 Å². The minimum Gasteiger partial charge on any atom is -0.334 e. The quantitative estimate of drug-likeness (QED) is 0.898. The van der Waals surface area contributed by atoms with Crippen molar-refractivity contribution in [1.29, 1.82) is 0 Å². The van der Waals surface area contributed by atoms with Crippen LogP contribution in [0.1, 0.15) is 36.8 Å². The number of benzene rings is 1. The Kier molecular flexibility index (Phi) is 5.51. The van der Waals surface area contributed by atoms with Crippen LogP contribution in [-0.4, -0.2) is 48.1 Å². The van der Waals surface area contributed by atoms with Crippen molar-refractivity contribution in [3.63, 3.8) is 0 Å². The first kappa shape index (κ1) is 18.0. The van der Waals surface area contributed by atoms with Crippen molar-refractivity contribution in [3.8, 4) is 0 Å². The molecule has 2 aliphatic heterocycles. The molecular weight excluding hydrogens is 331 g/mol. The highest BCUT2D eigenvalue weighted by atomic mass is 19.4. The Labute approximate surface area is 146 Å². The van der Waals surface area contributed by atoms with E-state index in [1.165, 1.54) is 18.9 Å². The molecule has 0 radical (unpaired) electrons. The van der Waals surface area contributed by atoms with Gasteiger partial charge in [0.25, 0.3) is 0 Å². The lowest BCUT2D eigenvalue weighted by atomic mass is 10.1. The fraction of sp³-hybridized carbons (Fsp3) is 0.611. The molecule has 2 amide bonds. The summed E-state index contributed by atoms with van der Waals surface area (Å²) in [6.07, 6.45) is 0.0433. The van der Waals surface area contributed by atoms with E-state index in [4.69, 9.17) is 0 Å². The Morgan fingerprint density at radius 2 is 1.92 bits per heavy atom. The van der Waals surface area contributed by atoms with Crippen LogP contribution in [0, 0.1) is 0 Å². The van der Waals surface area contributed by atoms with Gasteiger partial charge in [-0.2, -0.15) is 13.2 Å². The molecule has 0 aliphatic carbocycles. The van der Waals surface area contributed by atoms with Crippen LogP contribution in [0.4, 0.5) is 18.0 Å². The molecule has 3 rings (SSSR count). The highest BCUT2D eigenvalue weighted by Gasteiger charge is 2.32. The molecular formula is C18H24F3N3O. The molecule has 0 spiro atoms. The smallest absolute Gasteiger partial charge is 0.334 e. The first-order chi connectivity index (χ1) is 11.9. The first-order valence-corrected chi connectivity index (χ1v) is 8.86. The predicted octanol–water partition coefficient (Wildman–Crippen LogP) is 3.48. The third-order valence-electron chi connectivity index (χ3n) is 5.00. The van der Waals surface area contributed by atoms with Crippen LogP contribution in [-0.2, 0) is 12.7 Å². The standard InChI is InChI=1S/C18H24F3N3O/c19-18(20,21)15-6-3-5-14(11-15)12-22-17(25)24-10-4-7-16(24)13-23-8-1-2-9-23/h3,5-6,11,16H,1-2,4,7-10,12-13H2,(H,22,25)/t16-/m0/s1. The lowest BCUT2D eigenvalue weighted by Gasteiger charge is -2.28. The molecule has 2 fully saturated rings. The van der Waals surface area contributed by atoms with E-state index < -0.39 is 11.7 Å². The van der Waals surface area contributed by atoms with Crippen molar-refractivity contribution in [2.75, 3.05) is 26.2 Å². The number of alkyl halides is 3. The molecule has 25 heavy (non-hydrogen) atoms. The molecule has 7 heteroatoms. The van der Waals surface area contributed by atoms with Crippen molar-refractivity contribution >= 4 is 6.03 Å². The van der Waals surface area contributed by atoms with E-state index in [0.717, 1.165) is 44.6 Å². The van der Waals surface area contributed by atoms with Crippen molar-refractivity contribution in [2.45, 2.75) is 44.4 Å². The zero-order valence-corrected chi connectivity index (χ0v) is 14.2. The van der Waals surface area contributed by atoms with Gasteiger partial charge >= 0.3 is 12.2 Å². The fourth-order valence-electron chi connectivity index (χ4n) is 3.69. The highest BCUT2D eigenvalue weighted by Crippen LogP contribution is 2.29. The summed E-state index contributed by atoms with van der Waals surface area (Å²) in [5.74, 6) is 0. The molecule has 1 N–H and O–H groups in total. The molecule has 1 aromatic carbocycles. The van der Waals surface area contributed by atoms with Gasteiger partial charge in [-0.15, -0.1) is 0 Å². The molecule has 4 nitrogen and oxygen atoms in total. The van der Waals surface area contributed by atoms with Gasteiger partial charge in [-0.1, -0.05) is 12.1 Å². The second-order valence-corrected chi connectivity index (χ2v) is 6.85. The first-order valence-electron chi connectivity index (χ1n) is 8.86. The van der Waals surface area contributed by atoms with Crippen LogP contribution in [0.5, 0.6) is 0 Å². The molecule has 2 saturated heterocycles. The molecule has 1 aromatic rings. The average Bonchev–Trinajstić information content (AvgIpc) is 3.24. The number of hydrogen-bond acceptors (Lipinski definition) is 2. The van der Waals surface area contributed by atoms with Gasteiger partial charge in [0.05, 0.1) is 5.56 Å². The summed E-state index contributed by atoms with van der Waals surface area (Å²) in [4.78, 5) is 16.7. The lowest BCUT2D eigenvalue weighted by Crippen LogP contribution is -2.46. The number of hydrogen-bond donors (Lipinski definition) is 1. The Balaban J connectivity index is 1.54. The summed E-state index contributed by atoms with van der Waals surface area (Å²) in [5.41, 5.74) is -0.231. The van der Waals surface area contributed by atoms with E-state index in [1.807, 2.05) is 4.90 Å². The topological polar surface area (TPSA) is 35.6 Å². The van der Waals surface area contributed by atoms with Crippen LogP contribution in [0.2, 0.25) is 0 Å². The molecule has 0 bridgehead atoms. The summed E-state index contributed by atoms with van der Waals surface area (Å²) in [6.45, 7) is 3.91. The van der Waals surface area contributed by atoms with Crippen molar-refractivity contribution in [1.82, 2.24) is 15.1 Å². The molecule has 0 unspecified atom stereocenters. The Morgan fingerprint density at radius 3 is 2.64 bits per heavy atom. The largest absolute Gasteiger partial charge is 0.416 e. The van der Waals surface area contributed by atoms with Gasteiger partial charge in [0.1, 0.15) is 0 Å². The van der Waals surface area contributed by atoms with E-state index in [-0.39, 0.29) is 18.6 Å². The maximum Gasteiger partial charge on any atom is 0.416 e. The van der Waals surface area contributed by atoms with Crippen LogP contribution in [0.3, 0.4) is 0 Å². The number of rotatable bonds is 4. The maximum atomic E-state index is 12.8. The molecule has 0 aromatic heterocycles. The van der Waals surface area contributed by atoms with Crippen molar-refractivity contribution < 1.29 is 18.0 Å². The summed E-state index contributed by atoms with van der Waals surface area (Å²) in [7, 11) is 0. The lowest BCUT2D eigenvalue weighted by molar-refractivity contribution is -0.137. The molecule has 0 saturated carbocycles. The van der Waals surface area contributed by atoms with Gasteiger partial charge in [0, 0.05) is 25.7 Å². The number of nitrogens with one attached hydrogen (secondary N) is 1. The summed E-state index contributed by atoms with van der Waals surface area (Å²) in [6, 6.07) is 5.13. The normalized spacial score (nSPS) is 21.7. The highest BCUT2D eigenvalue weighted by molar-refractivity contribution is 5.74. The second-order valence-electron chi connectivity index (χ2n) is 6.85. The second kappa shape index (κ2) is 7.64. The summed E-state index contributed by atoms with van der Waals surface area (Å²) >= 11 is 0. The number of urea groups is 1. The number of carbonyl (C=O) groups excluding carboxylic acids is 1. The monoisotopic (exact) mass is 355 g/mol. The van der Waals surface area contributed by atoms with Gasteiger partial charge in [-0.3, -0.25) is 0 Å². The van der Waals surface area contributed by atoms with Crippen molar-refractivity contribution in [3.05, 3.63) is 35.4 Å². The summed E-state index contributed by atoms with van der Waals surface area (Å²) in [5, 5.41) is 2.78. The third-order valence-corrected chi connectivity index (χ3v) is 5.00. The molecule has 2 heterocycles. The number of halogens is 3. The summed E-state index contributed by atoms with van der Waals surface area (Å²) < 4.78 is 38.3.